The molecule has 0 fully saturated rings. The highest BCUT2D eigenvalue weighted by Gasteiger charge is 2.08. The van der Waals surface area contributed by atoms with Crippen molar-refractivity contribution in [2.75, 3.05) is 0 Å². The first kappa shape index (κ1) is 18.4. The van der Waals surface area contributed by atoms with E-state index in [1.54, 1.807) is 24.7 Å². The average Bonchev–Trinajstić information content (AvgIpc) is 3.19. The summed E-state index contributed by atoms with van der Waals surface area (Å²) in [6.45, 7) is 3.10. The van der Waals surface area contributed by atoms with Crippen LogP contribution in [0.4, 0.5) is 0 Å². The van der Waals surface area contributed by atoms with Crippen LogP contribution in [-0.4, -0.2) is 21.4 Å². The second-order valence-electron chi connectivity index (χ2n) is 6.29. The molecule has 1 heterocycles. The highest BCUT2D eigenvalue weighted by molar-refractivity contribution is 5.94. The molecule has 0 aliphatic heterocycles. The van der Waals surface area contributed by atoms with Crippen molar-refractivity contribution in [2.45, 2.75) is 26.6 Å². The SMILES string of the molecule is CC(=O)NCc1ccc(C(=O)NCc2ccccc2Cn2ccnc2)cc1. The maximum Gasteiger partial charge on any atom is 0.251 e. The highest BCUT2D eigenvalue weighted by Crippen LogP contribution is 2.11. The van der Waals surface area contributed by atoms with Gasteiger partial charge in [-0.25, -0.2) is 4.98 Å². The maximum absolute atomic E-state index is 12.4. The Morgan fingerprint density at radius 2 is 1.70 bits per heavy atom. The molecule has 0 saturated carbocycles. The Bertz CT molecular complexity index is 902. The van der Waals surface area contributed by atoms with Gasteiger partial charge in [-0.3, -0.25) is 9.59 Å². The fourth-order valence-corrected chi connectivity index (χ4v) is 2.74. The number of amides is 2. The number of carbonyl (C=O) groups is 2. The van der Waals surface area contributed by atoms with Crippen LogP contribution >= 0.6 is 0 Å². The van der Waals surface area contributed by atoms with Crippen LogP contribution in [0.1, 0.15) is 34.0 Å². The molecule has 2 aromatic carbocycles. The number of benzene rings is 2. The Labute approximate surface area is 158 Å². The van der Waals surface area contributed by atoms with E-state index in [1.807, 2.05) is 41.1 Å². The van der Waals surface area contributed by atoms with Gasteiger partial charge in [0.15, 0.2) is 0 Å². The van der Waals surface area contributed by atoms with Gasteiger partial charge >= 0.3 is 0 Å². The van der Waals surface area contributed by atoms with Gasteiger partial charge in [0.1, 0.15) is 0 Å². The number of nitrogens with zero attached hydrogens (tertiary/aromatic N) is 2. The summed E-state index contributed by atoms with van der Waals surface area (Å²) in [5, 5.41) is 5.71. The van der Waals surface area contributed by atoms with Crippen molar-refractivity contribution in [1.29, 1.82) is 0 Å². The van der Waals surface area contributed by atoms with Gasteiger partial charge in [0.25, 0.3) is 5.91 Å². The molecular formula is C21H22N4O2. The number of carbonyl (C=O) groups excluding carboxylic acids is 2. The summed E-state index contributed by atoms with van der Waals surface area (Å²) in [5.74, 6) is -0.204. The standard InChI is InChI=1S/C21H22N4O2/c1-16(26)23-12-17-6-8-18(9-7-17)21(27)24-13-19-4-2-3-5-20(19)14-25-11-10-22-15-25/h2-11,15H,12-14H2,1H3,(H,23,26)(H,24,27). The summed E-state index contributed by atoms with van der Waals surface area (Å²) in [7, 11) is 0. The molecule has 0 atom stereocenters. The van der Waals surface area contributed by atoms with Crippen LogP contribution in [0, 0.1) is 0 Å². The van der Waals surface area contributed by atoms with Crippen molar-refractivity contribution < 1.29 is 9.59 Å². The predicted molar refractivity (Wildman–Crippen MR) is 103 cm³/mol. The molecule has 1 aromatic heterocycles. The normalized spacial score (nSPS) is 10.4. The van der Waals surface area contributed by atoms with Crippen molar-refractivity contribution in [3.8, 4) is 0 Å². The molecule has 3 aromatic rings. The van der Waals surface area contributed by atoms with E-state index in [9.17, 15) is 9.59 Å². The predicted octanol–water partition coefficient (Wildman–Crippen LogP) is 2.50. The summed E-state index contributed by atoms with van der Waals surface area (Å²) >= 11 is 0. The van der Waals surface area contributed by atoms with Crippen LogP contribution in [0.2, 0.25) is 0 Å². The minimum Gasteiger partial charge on any atom is -0.352 e. The molecule has 0 bridgehead atoms. The molecule has 138 valence electrons. The largest absolute Gasteiger partial charge is 0.352 e. The van der Waals surface area contributed by atoms with Crippen molar-refractivity contribution >= 4 is 11.8 Å². The van der Waals surface area contributed by atoms with Crippen molar-refractivity contribution in [3.63, 3.8) is 0 Å². The van der Waals surface area contributed by atoms with Crippen LogP contribution in [-0.2, 0) is 24.4 Å². The third kappa shape index (κ3) is 5.28. The quantitative estimate of drug-likeness (QED) is 0.678. The van der Waals surface area contributed by atoms with E-state index in [2.05, 4.69) is 21.7 Å². The Hall–Kier alpha value is -3.41. The van der Waals surface area contributed by atoms with Gasteiger partial charge in [-0.15, -0.1) is 0 Å². The van der Waals surface area contributed by atoms with E-state index in [-0.39, 0.29) is 11.8 Å². The molecule has 27 heavy (non-hydrogen) atoms. The van der Waals surface area contributed by atoms with E-state index < -0.39 is 0 Å². The first-order valence-electron chi connectivity index (χ1n) is 8.76. The number of nitrogens with one attached hydrogen (secondary N) is 2. The second kappa shape index (κ2) is 8.80. The van der Waals surface area contributed by atoms with Crippen LogP contribution in [0.15, 0.2) is 67.3 Å². The van der Waals surface area contributed by atoms with E-state index in [0.717, 1.165) is 16.7 Å². The molecule has 0 radical (unpaired) electrons. The summed E-state index contributed by atoms with van der Waals surface area (Å²) < 4.78 is 1.99. The topological polar surface area (TPSA) is 76.0 Å². The van der Waals surface area contributed by atoms with Gasteiger partial charge in [-0.2, -0.15) is 0 Å². The number of hydrogen-bond acceptors (Lipinski definition) is 3. The Morgan fingerprint density at radius 3 is 2.37 bits per heavy atom. The van der Waals surface area contributed by atoms with E-state index in [1.165, 1.54) is 6.92 Å². The summed E-state index contributed by atoms with van der Waals surface area (Å²) in [6, 6.07) is 15.3. The lowest BCUT2D eigenvalue weighted by atomic mass is 10.1. The van der Waals surface area contributed by atoms with Gasteiger partial charge in [0.2, 0.25) is 5.91 Å². The molecule has 2 N–H and O–H groups in total. The summed E-state index contributed by atoms with van der Waals surface area (Å²) in [5.41, 5.74) is 3.75. The van der Waals surface area contributed by atoms with Crippen molar-refractivity contribution in [1.82, 2.24) is 20.2 Å². The fourth-order valence-electron chi connectivity index (χ4n) is 2.74. The van der Waals surface area contributed by atoms with Crippen LogP contribution < -0.4 is 10.6 Å². The Kier molecular flexibility index (Phi) is 5.99. The monoisotopic (exact) mass is 362 g/mol. The number of rotatable bonds is 7. The number of hydrogen-bond donors (Lipinski definition) is 2. The zero-order chi connectivity index (χ0) is 19.1. The number of aromatic nitrogens is 2. The smallest absolute Gasteiger partial charge is 0.251 e. The van der Waals surface area contributed by atoms with Gasteiger partial charge in [-0.05, 0) is 28.8 Å². The second-order valence-corrected chi connectivity index (χ2v) is 6.29. The van der Waals surface area contributed by atoms with E-state index >= 15 is 0 Å². The molecule has 2 amide bonds. The van der Waals surface area contributed by atoms with E-state index in [0.29, 0.717) is 25.2 Å². The molecule has 0 unspecified atom stereocenters. The lowest BCUT2D eigenvalue weighted by molar-refractivity contribution is -0.119. The average molecular weight is 362 g/mol. The van der Waals surface area contributed by atoms with Gasteiger partial charge in [0, 0.05) is 44.5 Å². The Morgan fingerprint density at radius 1 is 0.963 bits per heavy atom. The maximum atomic E-state index is 12.4. The third-order valence-electron chi connectivity index (χ3n) is 4.23. The van der Waals surface area contributed by atoms with Crippen LogP contribution in [0.5, 0.6) is 0 Å². The first-order valence-corrected chi connectivity index (χ1v) is 8.76. The van der Waals surface area contributed by atoms with Crippen LogP contribution in [0.3, 0.4) is 0 Å². The molecule has 0 aliphatic carbocycles. The van der Waals surface area contributed by atoms with Crippen LogP contribution in [0.25, 0.3) is 0 Å². The minimum atomic E-state index is -0.126. The third-order valence-corrected chi connectivity index (χ3v) is 4.23. The minimum absolute atomic E-state index is 0.0776. The zero-order valence-corrected chi connectivity index (χ0v) is 15.2. The summed E-state index contributed by atoms with van der Waals surface area (Å²) in [6.07, 6.45) is 5.44. The fraction of sp³-hybridized carbons (Fsp3) is 0.190. The van der Waals surface area contributed by atoms with Gasteiger partial charge < -0.3 is 15.2 Å². The zero-order valence-electron chi connectivity index (χ0n) is 15.2. The van der Waals surface area contributed by atoms with Gasteiger partial charge in [-0.1, -0.05) is 36.4 Å². The molecule has 0 saturated heterocycles. The number of imidazole rings is 1. The van der Waals surface area contributed by atoms with Crippen molar-refractivity contribution in [2.24, 2.45) is 0 Å². The molecule has 0 spiro atoms. The molecule has 6 nitrogen and oxygen atoms in total. The lowest BCUT2D eigenvalue weighted by Gasteiger charge is -2.11. The molecule has 0 aliphatic rings. The van der Waals surface area contributed by atoms with E-state index in [4.69, 9.17) is 0 Å². The van der Waals surface area contributed by atoms with Crippen molar-refractivity contribution in [3.05, 3.63) is 89.5 Å². The summed E-state index contributed by atoms with van der Waals surface area (Å²) in [4.78, 5) is 27.4. The van der Waals surface area contributed by atoms with Gasteiger partial charge in [0.05, 0.1) is 6.33 Å². The molecule has 3 rings (SSSR count). The lowest BCUT2D eigenvalue weighted by Crippen LogP contribution is -2.24. The first-order chi connectivity index (χ1) is 13.1. The Balaban J connectivity index is 1.60. The highest BCUT2D eigenvalue weighted by atomic mass is 16.2. The molecular weight excluding hydrogens is 340 g/mol. The molecule has 6 heteroatoms.